The summed E-state index contributed by atoms with van der Waals surface area (Å²) in [4.78, 5) is 21.7. The first-order valence-corrected chi connectivity index (χ1v) is 11.9. The van der Waals surface area contributed by atoms with Gasteiger partial charge in [0.25, 0.3) is 0 Å². The zero-order valence-electron chi connectivity index (χ0n) is 18.7. The van der Waals surface area contributed by atoms with E-state index in [9.17, 15) is 4.79 Å². The Bertz CT molecular complexity index is 867. The van der Waals surface area contributed by atoms with Crippen LogP contribution in [0.2, 0.25) is 0 Å². The molecule has 2 aliphatic heterocycles. The third-order valence-electron chi connectivity index (χ3n) is 6.07. The Morgan fingerprint density at radius 2 is 1.87 bits per heavy atom. The number of piperidine rings is 1. The van der Waals surface area contributed by atoms with Crippen LogP contribution >= 0.6 is 11.5 Å². The molecule has 31 heavy (non-hydrogen) atoms. The van der Waals surface area contributed by atoms with E-state index in [-0.39, 0.29) is 11.9 Å². The number of ether oxygens (including phenoxy) is 2. The molecular formula is C23H32N4O3S. The molecule has 0 atom stereocenters. The lowest BCUT2D eigenvalue weighted by Crippen LogP contribution is -2.48. The predicted molar refractivity (Wildman–Crippen MR) is 121 cm³/mol. The van der Waals surface area contributed by atoms with Gasteiger partial charge in [-0.1, -0.05) is 29.8 Å². The first-order chi connectivity index (χ1) is 14.9. The van der Waals surface area contributed by atoms with Gasteiger partial charge >= 0.3 is 0 Å². The van der Waals surface area contributed by atoms with Gasteiger partial charge in [-0.15, -0.1) is 0 Å². The van der Waals surface area contributed by atoms with Crippen molar-refractivity contribution in [2.75, 3.05) is 37.7 Å². The van der Waals surface area contributed by atoms with E-state index in [1.54, 1.807) is 0 Å². The Balaban J connectivity index is 1.31. The second-order valence-corrected chi connectivity index (χ2v) is 9.41. The van der Waals surface area contributed by atoms with Crippen molar-refractivity contribution in [3.8, 4) is 0 Å². The number of carbonyl (C=O) groups is 1. The van der Waals surface area contributed by atoms with Crippen LogP contribution in [0.5, 0.6) is 0 Å². The molecule has 1 amide bonds. The molecule has 1 spiro atoms. The lowest BCUT2D eigenvalue weighted by atomic mass is 10.0. The number of nitrogens with zero attached hydrogens (tertiary/aromatic N) is 4. The van der Waals surface area contributed by atoms with Crippen molar-refractivity contribution in [3.05, 3.63) is 41.2 Å². The molecule has 168 valence electrons. The molecule has 4 rings (SSSR count). The number of likely N-dealkylation sites (tertiary alicyclic amines) is 1. The number of carbonyl (C=O) groups excluding carboxylic acids is 1. The van der Waals surface area contributed by atoms with Crippen molar-refractivity contribution in [2.45, 2.75) is 58.3 Å². The third kappa shape index (κ3) is 5.42. The SMILES string of the molecule is Cc1ccc(Cc2nsc(N(CCC(=O)N3CCC4(CC3)OCCO4)C(C)C)n2)cc1. The standard InChI is InChI=1S/C23H32N4O3S/c1-17(2)27(22-24-20(25-31-22)16-19-6-4-18(3)5-7-19)11-8-21(28)26-12-9-23(10-13-26)29-14-15-30-23/h4-7,17H,8-16H2,1-3H3. The van der Waals surface area contributed by atoms with Gasteiger partial charge in [0.1, 0.15) is 5.82 Å². The molecule has 2 aliphatic rings. The highest BCUT2D eigenvalue weighted by Gasteiger charge is 2.40. The highest BCUT2D eigenvalue weighted by molar-refractivity contribution is 7.09. The van der Waals surface area contributed by atoms with Crippen LogP contribution in [0.1, 0.15) is 50.1 Å². The molecule has 0 bridgehead atoms. The fraction of sp³-hybridized carbons (Fsp3) is 0.609. The smallest absolute Gasteiger partial charge is 0.224 e. The number of anilines is 1. The summed E-state index contributed by atoms with van der Waals surface area (Å²) in [6, 6.07) is 8.72. The molecule has 7 nitrogen and oxygen atoms in total. The summed E-state index contributed by atoms with van der Waals surface area (Å²) in [6.45, 7) is 9.69. The molecule has 2 fully saturated rings. The topological polar surface area (TPSA) is 67.8 Å². The summed E-state index contributed by atoms with van der Waals surface area (Å²) in [5.74, 6) is 0.572. The van der Waals surface area contributed by atoms with Gasteiger partial charge in [-0.25, -0.2) is 4.98 Å². The maximum atomic E-state index is 12.8. The Morgan fingerprint density at radius 1 is 1.19 bits per heavy atom. The van der Waals surface area contributed by atoms with Crippen LogP contribution in [-0.2, 0) is 20.7 Å². The molecule has 2 saturated heterocycles. The number of benzene rings is 1. The van der Waals surface area contributed by atoms with E-state index in [1.165, 1.54) is 22.7 Å². The minimum Gasteiger partial charge on any atom is -0.347 e. The van der Waals surface area contributed by atoms with Gasteiger partial charge < -0.3 is 19.3 Å². The quantitative estimate of drug-likeness (QED) is 0.652. The third-order valence-corrected chi connectivity index (χ3v) is 6.86. The highest BCUT2D eigenvalue weighted by Crippen LogP contribution is 2.31. The van der Waals surface area contributed by atoms with Crippen molar-refractivity contribution in [1.29, 1.82) is 0 Å². The highest BCUT2D eigenvalue weighted by atomic mass is 32.1. The van der Waals surface area contributed by atoms with Gasteiger partial charge in [0.15, 0.2) is 5.79 Å². The van der Waals surface area contributed by atoms with Gasteiger partial charge in [-0.3, -0.25) is 4.79 Å². The van der Waals surface area contributed by atoms with Crippen LogP contribution in [0, 0.1) is 6.92 Å². The van der Waals surface area contributed by atoms with Gasteiger partial charge in [-0.2, -0.15) is 4.37 Å². The second-order valence-electron chi connectivity index (χ2n) is 8.68. The number of rotatable bonds is 7. The minimum atomic E-state index is -0.443. The molecule has 0 N–H and O–H groups in total. The Morgan fingerprint density at radius 3 is 2.52 bits per heavy atom. The van der Waals surface area contributed by atoms with Gasteiger partial charge in [0, 0.05) is 62.9 Å². The normalized spacial score (nSPS) is 18.1. The number of hydrogen-bond donors (Lipinski definition) is 0. The maximum absolute atomic E-state index is 12.8. The van der Waals surface area contributed by atoms with Crippen molar-refractivity contribution in [1.82, 2.24) is 14.3 Å². The van der Waals surface area contributed by atoms with Crippen LogP contribution in [0.4, 0.5) is 5.13 Å². The summed E-state index contributed by atoms with van der Waals surface area (Å²) in [6.07, 6.45) is 2.71. The molecule has 2 aromatic rings. The van der Waals surface area contributed by atoms with Crippen LogP contribution in [0.3, 0.4) is 0 Å². The Labute approximate surface area is 188 Å². The van der Waals surface area contributed by atoms with Crippen LogP contribution < -0.4 is 4.90 Å². The van der Waals surface area contributed by atoms with E-state index >= 15 is 0 Å². The van der Waals surface area contributed by atoms with E-state index in [4.69, 9.17) is 14.5 Å². The van der Waals surface area contributed by atoms with Gasteiger partial charge in [-0.05, 0) is 26.3 Å². The van der Waals surface area contributed by atoms with E-state index in [1.807, 2.05) is 4.90 Å². The van der Waals surface area contributed by atoms with Crippen molar-refractivity contribution in [2.24, 2.45) is 0 Å². The average molecular weight is 445 g/mol. The lowest BCUT2D eigenvalue weighted by Gasteiger charge is -2.38. The first kappa shape index (κ1) is 22.2. The molecule has 0 radical (unpaired) electrons. The molecule has 1 aromatic carbocycles. The first-order valence-electron chi connectivity index (χ1n) is 11.1. The summed E-state index contributed by atoms with van der Waals surface area (Å²) in [5.41, 5.74) is 2.46. The van der Waals surface area contributed by atoms with Gasteiger partial charge in [0.05, 0.1) is 13.2 Å². The van der Waals surface area contributed by atoms with E-state index in [2.05, 4.69) is 54.3 Å². The maximum Gasteiger partial charge on any atom is 0.224 e. The average Bonchev–Trinajstić information content (AvgIpc) is 3.40. The molecule has 0 saturated carbocycles. The zero-order chi connectivity index (χ0) is 21.8. The van der Waals surface area contributed by atoms with E-state index < -0.39 is 5.79 Å². The zero-order valence-corrected chi connectivity index (χ0v) is 19.5. The molecule has 8 heteroatoms. The van der Waals surface area contributed by atoms with Crippen LogP contribution in [0.25, 0.3) is 0 Å². The number of aromatic nitrogens is 2. The summed E-state index contributed by atoms with van der Waals surface area (Å²) in [5, 5.41) is 0.885. The van der Waals surface area contributed by atoms with Crippen LogP contribution in [-0.4, -0.2) is 64.8 Å². The summed E-state index contributed by atoms with van der Waals surface area (Å²) >= 11 is 1.42. The van der Waals surface area contributed by atoms with Crippen molar-refractivity contribution >= 4 is 22.6 Å². The molecule has 0 aliphatic carbocycles. The van der Waals surface area contributed by atoms with Crippen molar-refractivity contribution in [3.63, 3.8) is 0 Å². The second kappa shape index (κ2) is 9.63. The number of aryl methyl sites for hydroxylation is 1. The summed E-state index contributed by atoms with van der Waals surface area (Å²) in [7, 11) is 0. The van der Waals surface area contributed by atoms with E-state index in [0.717, 1.165) is 30.2 Å². The summed E-state index contributed by atoms with van der Waals surface area (Å²) < 4.78 is 16.1. The molecule has 0 unspecified atom stereocenters. The fourth-order valence-corrected chi connectivity index (χ4v) is 5.00. The largest absolute Gasteiger partial charge is 0.347 e. The Hall–Kier alpha value is -2.03. The van der Waals surface area contributed by atoms with E-state index in [0.29, 0.717) is 39.3 Å². The monoisotopic (exact) mass is 444 g/mol. The predicted octanol–water partition coefficient (Wildman–Crippen LogP) is 3.41. The lowest BCUT2D eigenvalue weighted by molar-refractivity contribution is -0.187. The number of amides is 1. The Kier molecular flexibility index (Phi) is 6.89. The fourth-order valence-electron chi connectivity index (χ4n) is 4.15. The molecular weight excluding hydrogens is 412 g/mol. The minimum absolute atomic E-state index is 0.183. The van der Waals surface area contributed by atoms with Gasteiger partial charge in [0.2, 0.25) is 11.0 Å². The van der Waals surface area contributed by atoms with Crippen molar-refractivity contribution < 1.29 is 14.3 Å². The molecule has 1 aromatic heterocycles. The number of hydrogen-bond acceptors (Lipinski definition) is 7. The van der Waals surface area contributed by atoms with Crippen LogP contribution in [0.15, 0.2) is 24.3 Å². The molecule has 3 heterocycles.